The second kappa shape index (κ2) is 5.36. The normalized spacial score (nSPS) is 10.1. The van der Waals surface area contributed by atoms with E-state index in [0.717, 1.165) is 17.1 Å². The van der Waals surface area contributed by atoms with Crippen molar-refractivity contribution in [3.63, 3.8) is 0 Å². The van der Waals surface area contributed by atoms with Crippen LogP contribution < -0.4 is 5.32 Å². The van der Waals surface area contributed by atoms with Crippen molar-refractivity contribution >= 4 is 11.5 Å². The molecule has 0 aliphatic heterocycles. The van der Waals surface area contributed by atoms with E-state index < -0.39 is 0 Å². The van der Waals surface area contributed by atoms with Crippen LogP contribution in [0.1, 0.15) is 0 Å². The number of pyridine rings is 1. The first-order valence-corrected chi connectivity index (χ1v) is 6.25. The molecule has 0 atom stereocenters. The molecule has 0 aliphatic carbocycles. The SMILES string of the molecule is c1ccc(Nc2cc(-c3ccccc3)ccn2)cc1. The van der Waals surface area contributed by atoms with E-state index in [-0.39, 0.29) is 0 Å². The van der Waals surface area contributed by atoms with E-state index in [1.807, 2.05) is 60.8 Å². The topological polar surface area (TPSA) is 24.9 Å². The van der Waals surface area contributed by atoms with Crippen LogP contribution in [0.4, 0.5) is 11.5 Å². The minimum atomic E-state index is 0.854. The zero-order valence-electron chi connectivity index (χ0n) is 10.5. The van der Waals surface area contributed by atoms with Crippen LogP contribution >= 0.6 is 0 Å². The quantitative estimate of drug-likeness (QED) is 0.736. The molecule has 1 N–H and O–H groups in total. The van der Waals surface area contributed by atoms with Gasteiger partial charge in [-0.2, -0.15) is 0 Å². The maximum Gasteiger partial charge on any atom is 0.130 e. The Morgan fingerprint density at radius 3 is 2.11 bits per heavy atom. The predicted molar refractivity (Wildman–Crippen MR) is 79.4 cm³/mol. The number of para-hydroxylation sites is 1. The second-order valence-corrected chi connectivity index (χ2v) is 4.29. The lowest BCUT2D eigenvalue weighted by molar-refractivity contribution is 1.31. The van der Waals surface area contributed by atoms with Crippen molar-refractivity contribution in [3.8, 4) is 11.1 Å². The number of nitrogens with one attached hydrogen (secondary N) is 1. The molecule has 0 saturated carbocycles. The van der Waals surface area contributed by atoms with Gasteiger partial charge in [-0.3, -0.25) is 0 Å². The van der Waals surface area contributed by atoms with Crippen LogP contribution in [0.15, 0.2) is 79.0 Å². The van der Waals surface area contributed by atoms with E-state index in [4.69, 9.17) is 0 Å². The third-order valence-electron chi connectivity index (χ3n) is 2.91. The second-order valence-electron chi connectivity index (χ2n) is 4.29. The predicted octanol–water partition coefficient (Wildman–Crippen LogP) is 4.49. The van der Waals surface area contributed by atoms with Gasteiger partial charge in [0.15, 0.2) is 0 Å². The number of aromatic nitrogens is 1. The first-order valence-electron chi connectivity index (χ1n) is 6.25. The maximum atomic E-state index is 4.35. The highest BCUT2D eigenvalue weighted by atomic mass is 15.0. The number of benzene rings is 2. The van der Waals surface area contributed by atoms with Crippen molar-refractivity contribution < 1.29 is 0 Å². The Morgan fingerprint density at radius 2 is 1.37 bits per heavy atom. The fourth-order valence-electron chi connectivity index (χ4n) is 1.98. The van der Waals surface area contributed by atoms with Crippen LogP contribution in [0.25, 0.3) is 11.1 Å². The minimum Gasteiger partial charge on any atom is -0.340 e. The van der Waals surface area contributed by atoms with Crippen molar-refractivity contribution in [2.45, 2.75) is 0 Å². The summed E-state index contributed by atoms with van der Waals surface area (Å²) in [6.07, 6.45) is 1.83. The highest BCUT2D eigenvalue weighted by molar-refractivity contribution is 5.68. The van der Waals surface area contributed by atoms with Gasteiger partial charge in [-0.25, -0.2) is 4.98 Å². The molecular formula is C17H14N2. The zero-order chi connectivity index (χ0) is 12.9. The average Bonchev–Trinajstić information content (AvgIpc) is 2.49. The van der Waals surface area contributed by atoms with E-state index in [0.29, 0.717) is 0 Å². The molecule has 1 aromatic heterocycles. The van der Waals surface area contributed by atoms with Crippen molar-refractivity contribution in [1.29, 1.82) is 0 Å². The van der Waals surface area contributed by atoms with E-state index in [2.05, 4.69) is 28.5 Å². The first kappa shape index (κ1) is 11.5. The van der Waals surface area contributed by atoms with Crippen LogP contribution in [0.5, 0.6) is 0 Å². The Bertz CT molecular complexity index is 648. The molecule has 0 spiro atoms. The molecule has 3 aromatic rings. The van der Waals surface area contributed by atoms with Gasteiger partial charge < -0.3 is 5.32 Å². The molecule has 0 unspecified atom stereocenters. The van der Waals surface area contributed by atoms with Gasteiger partial charge in [-0.05, 0) is 35.4 Å². The molecule has 3 rings (SSSR count). The molecule has 1 heterocycles. The Balaban J connectivity index is 1.89. The number of hydrogen-bond acceptors (Lipinski definition) is 2. The third-order valence-corrected chi connectivity index (χ3v) is 2.91. The number of hydrogen-bond donors (Lipinski definition) is 1. The monoisotopic (exact) mass is 246 g/mol. The summed E-state index contributed by atoms with van der Waals surface area (Å²) in [4.78, 5) is 4.35. The summed E-state index contributed by atoms with van der Waals surface area (Å²) in [5.74, 6) is 0.854. The molecular weight excluding hydrogens is 232 g/mol. The third kappa shape index (κ3) is 2.80. The Morgan fingerprint density at radius 1 is 0.684 bits per heavy atom. The van der Waals surface area contributed by atoms with E-state index >= 15 is 0 Å². The molecule has 0 bridgehead atoms. The molecule has 92 valence electrons. The lowest BCUT2D eigenvalue weighted by Gasteiger charge is -2.07. The molecule has 0 radical (unpaired) electrons. The van der Waals surface area contributed by atoms with Gasteiger partial charge in [-0.1, -0.05) is 48.5 Å². The van der Waals surface area contributed by atoms with Gasteiger partial charge >= 0.3 is 0 Å². The molecule has 19 heavy (non-hydrogen) atoms. The van der Waals surface area contributed by atoms with Crippen LogP contribution in [-0.4, -0.2) is 4.98 Å². The summed E-state index contributed by atoms with van der Waals surface area (Å²) >= 11 is 0. The average molecular weight is 246 g/mol. The smallest absolute Gasteiger partial charge is 0.130 e. The Kier molecular flexibility index (Phi) is 3.24. The standard InChI is InChI=1S/C17H14N2/c1-3-7-14(8-4-1)15-11-12-18-17(13-15)19-16-9-5-2-6-10-16/h1-13H,(H,18,19). The van der Waals surface area contributed by atoms with Crippen LogP contribution in [0.3, 0.4) is 0 Å². The van der Waals surface area contributed by atoms with Crippen molar-refractivity contribution in [3.05, 3.63) is 79.0 Å². The fourth-order valence-corrected chi connectivity index (χ4v) is 1.98. The summed E-state index contributed by atoms with van der Waals surface area (Å²) in [5, 5.41) is 3.30. The zero-order valence-corrected chi connectivity index (χ0v) is 10.5. The summed E-state index contributed by atoms with van der Waals surface area (Å²) < 4.78 is 0. The summed E-state index contributed by atoms with van der Waals surface area (Å²) in [5.41, 5.74) is 3.40. The largest absolute Gasteiger partial charge is 0.340 e. The highest BCUT2D eigenvalue weighted by Crippen LogP contribution is 2.22. The van der Waals surface area contributed by atoms with Crippen molar-refractivity contribution in [2.24, 2.45) is 0 Å². The highest BCUT2D eigenvalue weighted by Gasteiger charge is 2.00. The van der Waals surface area contributed by atoms with E-state index in [9.17, 15) is 0 Å². The van der Waals surface area contributed by atoms with Crippen LogP contribution in [0.2, 0.25) is 0 Å². The summed E-state index contributed by atoms with van der Waals surface area (Å²) in [6.45, 7) is 0. The fraction of sp³-hybridized carbons (Fsp3) is 0. The van der Waals surface area contributed by atoms with Gasteiger partial charge in [0.25, 0.3) is 0 Å². The number of rotatable bonds is 3. The van der Waals surface area contributed by atoms with Crippen LogP contribution in [0, 0.1) is 0 Å². The molecule has 2 heteroatoms. The van der Waals surface area contributed by atoms with Gasteiger partial charge in [0.05, 0.1) is 0 Å². The van der Waals surface area contributed by atoms with Gasteiger partial charge in [0.2, 0.25) is 0 Å². The van der Waals surface area contributed by atoms with Gasteiger partial charge in [0, 0.05) is 11.9 Å². The van der Waals surface area contributed by atoms with E-state index in [1.54, 1.807) is 0 Å². The lowest BCUT2D eigenvalue weighted by atomic mass is 10.1. The Hall–Kier alpha value is -2.61. The lowest BCUT2D eigenvalue weighted by Crippen LogP contribution is -1.93. The maximum absolute atomic E-state index is 4.35. The van der Waals surface area contributed by atoms with Gasteiger partial charge in [0.1, 0.15) is 5.82 Å². The molecule has 0 aliphatic rings. The number of anilines is 2. The molecule has 0 fully saturated rings. The van der Waals surface area contributed by atoms with Crippen LogP contribution in [-0.2, 0) is 0 Å². The molecule has 0 saturated heterocycles. The van der Waals surface area contributed by atoms with Crippen molar-refractivity contribution in [1.82, 2.24) is 4.98 Å². The summed E-state index contributed by atoms with van der Waals surface area (Å²) in [7, 11) is 0. The first-order chi connectivity index (χ1) is 9.42. The Labute approximate surface area is 112 Å². The minimum absolute atomic E-state index is 0.854. The van der Waals surface area contributed by atoms with E-state index in [1.165, 1.54) is 5.56 Å². The number of nitrogens with zero attached hydrogens (tertiary/aromatic N) is 1. The summed E-state index contributed by atoms with van der Waals surface area (Å²) in [6, 6.07) is 24.4. The molecule has 2 aromatic carbocycles. The van der Waals surface area contributed by atoms with Gasteiger partial charge in [-0.15, -0.1) is 0 Å². The van der Waals surface area contributed by atoms with Crippen molar-refractivity contribution in [2.75, 3.05) is 5.32 Å². The molecule has 0 amide bonds. The molecule has 2 nitrogen and oxygen atoms in total.